The molecule has 2 aromatic carbocycles. The van der Waals surface area contributed by atoms with Crippen LogP contribution in [0.2, 0.25) is 0 Å². The fourth-order valence-electron chi connectivity index (χ4n) is 3.71. The Kier molecular flexibility index (Phi) is 7.44. The molecule has 1 saturated heterocycles. The highest BCUT2D eigenvalue weighted by Crippen LogP contribution is 2.26. The molecule has 1 amide bonds. The zero-order chi connectivity index (χ0) is 22.5. The van der Waals surface area contributed by atoms with Gasteiger partial charge in [-0.25, -0.2) is 4.39 Å². The molecule has 2 aromatic rings. The van der Waals surface area contributed by atoms with Crippen LogP contribution in [0.4, 0.5) is 15.8 Å². The van der Waals surface area contributed by atoms with Crippen molar-refractivity contribution in [3.8, 4) is 0 Å². The van der Waals surface area contributed by atoms with E-state index in [9.17, 15) is 9.18 Å². The van der Waals surface area contributed by atoms with Crippen LogP contribution >= 0.6 is 0 Å². The number of carbonyl (C=O) groups excluding carboxylic acids is 1. The average Bonchev–Trinajstić information content (AvgIpc) is 2.74. The first-order valence-electron chi connectivity index (χ1n) is 10.9. The summed E-state index contributed by atoms with van der Waals surface area (Å²) < 4.78 is 14.7. The summed E-state index contributed by atoms with van der Waals surface area (Å²) in [5, 5.41) is 11.1. The summed E-state index contributed by atoms with van der Waals surface area (Å²) in [6, 6.07) is 12.2. The molecule has 166 valence electrons. The molecular formula is C25H33FN4O. The summed E-state index contributed by atoms with van der Waals surface area (Å²) in [6.45, 7) is 6.00. The van der Waals surface area contributed by atoms with Crippen LogP contribution in [0.5, 0.6) is 0 Å². The number of amides is 1. The van der Waals surface area contributed by atoms with Gasteiger partial charge >= 0.3 is 0 Å². The van der Waals surface area contributed by atoms with Crippen molar-refractivity contribution < 1.29 is 9.18 Å². The number of halogens is 1. The van der Waals surface area contributed by atoms with Gasteiger partial charge in [0.1, 0.15) is 5.82 Å². The molecule has 1 unspecified atom stereocenters. The van der Waals surface area contributed by atoms with Crippen molar-refractivity contribution in [1.82, 2.24) is 4.90 Å². The topological polar surface area (TPSA) is 59.4 Å². The summed E-state index contributed by atoms with van der Waals surface area (Å²) in [4.78, 5) is 16.7. The van der Waals surface area contributed by atoms with Crippen LogP contribution in [0.15, 0.2) is 42.5 Å². The minimum atomic E-state index is -0.360. The second-order valence-electron chi connectivity index (χ2n) is 8.86. The number of hydrogen-bond donors (Lipinski definition) is 2. The lowest BCUT2D eigenvalue weighted by Crippen LogP contribution is -2.33. The molecule has 1 fully saturated rings. The fraction of sp³-hybridized carbons (Fsp3) is 0.440. The Bertz CT molecular complexity index is 918. The van der Waals surface area contributed by atoms with Crippen LogP contribution in [-0.2, 0) is 0 Å². The van der Waals surface area contributed by atoms with E-state index in [1.807, 2.05) is 26.2 Å². The lowest BCUT2D eigenvalue weighted by atomic mass is 9.98. The van der Waals surface area contributed by atoms with E-state index >= 15 is 0 Å². The van der Waals surface area contributed by atoms with Gasteiger partial charge in [-0.1, -0.05) is 19.1 Å². The van der Waals surface area contributed by atoms with E-state index in [0.717, 1.165) is 31.5 Å². The van der Waals surface area contributed by atoms with Crippen molar-refractivity contribution in [2.45, 2.75) is 39.2 Å². The van der Waals surface area contributed by atoms with Gasteiger partial charge in [0.25, 0.3) is 5.91 Å². The Labute approximate surface area is 184 Å². The Hall–Kier alpha value is -2.73. The quantitative estimate of drug-likeness (QED) is 0.614. The number of benzene rings is 2. The minimum absolute atomic E-state index is 0.276. The molecule has 1 heterocycles. The average molecular weight is 425 g/mol. The highest BCUT2D eigenvalue weighted by Gasteiger charge is 2.20. The van der Waals surface area contributed by atoms with Gasteiger partial charge in [-0.2, -0.15) is 0 Å². The molecule has 3 rings (SSSR count). The molecule has 0 saturated carbocycles. The second kappa shape index (κ2) is 10.1. The molecular weight excluding hydrogens is 391 g/mol. The van der Waals surface area contributed by atoms with E-state index in [1.54, 1.807) is 24.3 Å². The third kappa shape index (κ3) is 5.91. The summed E-state index contributed by atoms with van der Waals surface area (Å²) in [5.41, 5.74) is 2.88. The van der Waals surface area contributed by atoms with Gasteiger partial charge in [0, 0.05) is 42.5 Å². The van der Waals surface area contributed by atoms with Gasteiger partial charge in [-0.3, -0.25) is 4.79 Å². The van der Waals surface area contributed by atoms with Crippen molar-refractivity contribution >= 4 is 23.0 Å². The highest BCUT2D eigenvalue weighted by atomic mass is 19.1. The standard InChI is InChI=1S/C25H33FN4O/c1-17-11-13-30(14-12-17)24-10-7-20(16-22(24)26)25(31)28-21-8-5-19(6-9-21)23(27)15-18(2)29(3)4/h5-10,16-18,27H,11-15H2,1-4H3,(H,28,31). The first-order valence-corrected chi connectivity index (χ1v) is 10.9. The van der Waals surface area contributed by atoms with E-state index < -0.39 is 0 Å². The summed E-state index contributed by atoms with van der Waals surface area (Å²) in [7, 11) is 4.00. The number of hydrogen-bond acceptors (Lipinski definition) is 4. The van der Waals surface area contributed by atoms with Gasteiger partial charge in [-0.05, 0) is 75.7 Å². The predicted octanol–water partition coefficient (Wildman–Crippen LogP) is 5.02. The van der Waals surface area contributed by atoms with Gasteiger partial charge in [-0.15, -0.1) is 0 Å². The van der Waals surface area contributed by atoms with Crippen molar-refractivity contribution in [3.63, 3.8) is 0 Å². The maximum atomic E-state index is 14.7. The maximum Gasteiger partial charge on any atom is 0.255 e. The Morgan fingerprint density at radius 2 is 1.77 bits per heavy atom. The van der Waals surface area contributed by atoms with Gasteiger partial charge in [0.2, 0.25) is 0 Å². The van der Waals surface area contributed by atoms with Crippen molar-refractivity contribution in [3.05, 3.63) is 59.4 Å². The lowest BCUT2D eigenvalue weighted by Gasteiger charge is -2.32. The number of nitrogens with one attached hydrogen (secondary N) is 2. The molecule has 0 aromatic heterocycles. The van der Waals surface area contributed by atoms with Crippen LogP contribution in [0, 0.1) is 17.1 Å². The highest BCUT2D eigenvalue weighted by molar-refractivity contribution is 6.05. The van der Waals surface area contributed by atoms with Crippen molar-refractivity contribution in [1.29, 1.82) is 5.41 Å². The number of carbonyl (C=O) groups is 1. The molecule has 0 radical (unpaired) electrons. The van der Waals surface area contributed by atoms with E-state index in [4.69, 9.17) is 5.41 Å². The van der Waals surface area contributed by atoms with Crippen LogP contribution in [0.1, 0.15) is 49.0 Å². The Morgan fingerprint density at radius 1 is 1.16 bits per heavy atom. The molecule has 2 N–H and O–H groups in total. The molecule has 1 aliphatic rings. The van der Waals surface area contributed by atoms with Gasteiger partial charge < -0.3 is 20.5 Å². The first-order chi connectivity index (χ1) is 14.7. The molecule has 1 aliphatic heterocycles. The zero-order valence-electron chi connectivity index (χ0n) is 18.9. The molecule has 1 atom stereocenters. The second-order valence-corrected chi connectivity index (χ2v) is 8.86. The number of piperidine rings is 1. The minimum Gasteiger partial charge on any atom is -0.369 e. The maximum absolute atomic E-state index is 14.7. The summed E-state index contributed by atoms with van der Waals surface area (Å²) in [6.07, 6.45) is 2.77. The van der Waals surface area contributed by atoms with Crippen LogP contribution in [0.3, 0.4) is 0 Å². The van der Waals surface area contributed by atoms with Crippen LogP contribution in [-0.4, -0.2) is 49.7 Å². The monoisotopic (exact) mass is 424 g/mol. The van der Waals surface area contributed by atoms with E-state index in [1.165, 1.54) is 6.07 Å². The summed E-state index contributed by atoms with van der Waals surface area (Å²) >= 11 is 0. The zero-order valence-corrected chi connectivity index (χ0v) is 18.9. The SMILES string of the molecule is CC1CCN(c2ccc(C(=O)Nc3ccc(C(=N)CC(C)N(C)C)cc3)cc2F)CC1. The molecule has 31 heavy (non-hydrogen) atoms. The normalized spacial score (nSPS) is 15.7. The predicted molar refractivity (Wildman–Crippen MR) is 126 cm³/mol. The van der Waals surface area contributed by atoms with E-state index in [2.05, 4.69) is 29.0 Å². The van der Waals surface area contributed by atoms with Crippen LogP contribution in [0.25, 0.3) is 0 Å². The van der Waals surface area contributed by atoms with Crippen LogP contribution < -0.4 is 10.2 Å². The number of anilines is 2. The molecule has 0 spiro atoms. The van der Waals surface area contributed by atoms with E-state index in [0.29, 0.717) is 35.0 Å². The van der Waals surface area contributed by atoms with Crippen molar-refractivity contribution in [2.75, 3.05) is 37.4 Å². The third-order valence-electron chi connectivity index (χ3n) is 6.21. The largest absolute Gasteiger partial charge is 0.369 e. The fourth-order valence-corrected chi connectivity index (χ4v) is 3.71. The number of nitrogens with zero attached hydrogens (tertiary/aromatic N) is 2. The molecule has 0 aliphatic carbocycles. The number of rotatable bonds is 7. The Morgan fingerprint density at radius 3 is 2.35 bits per heavy atom. The summed E-state index contributed by atoms with van der Waals surface area (Å²) in [5.74, 6) is -0.0290. The van der Waals surface area contributed by atoms with Gasteiger partial charge in [0.05, 0.1) is 5.69 Å². The molecule has 5 nitrogen and oxygen atoms in total. The molecule has 6 heteroatoms. The third-order valence-corrected chi connectivity index (χ3v) is 6.21. The first kappa shape index (κ1) is 22.9. The van der Waals surface area contributed by atoms with E-state index in [-0.39, 0.29) is 17.8 Å². The Balaban J connectivity index is 1.62. The smallest absolute Gasteiger partial charge is 0.255 e. The molecule has 0 bridgehead atoms. The van der Waals surface area contributed by atoms with Crippen molar-refractivity contribution in [2.24, 2.45) is 5.92 Å². The lowest BCUT2D eigenvalue weighted by molar-refractivity contribution is 0.102. The van der Waals surface area contributed by atoms with Gasteiger partial charge in [0.15, 0.2) is 0 Å².